The van der Waals surface area contributed by atoms with Crippen LogP contribution in [0.1, 0.15) is 49.0 Å². The van der Waals surface area contributed by atoms with E-state index < -0.39 is 27.9 Å². The van der Waals surface area contributed by atoms with E-state index in [2.05, 4.69) is 5.32 Å². The van der Waals surface area contributed by atoms with E-state index in [9.17, 15) is 22.8 Å². The van der Waals surface area contributed by atoms with Gasteiger partial charge < -0.3 is 10.2 Å². The van der Waals surface area contributed by atoms with Crippen LogP contribution in [-0.4, -0.2) is 54.5 Å². The smallest absolute Gasteiger partial charge is 0.269 e. The number of unbranched alkanes of at least 4 members (excludes halogenated alkanes) is 1. The molecule has 1 aliphatic heterocycles. The van der Waals surface area contributed by atoms with Crippen LogP contribution < -0.4 is 5.32 Å². The predicted molar refractivity (Wildman–Crippen MR) is 134 cm³/mol. The first-order chi connectivity index (χ1) is 16.6. The van der Waals surface area contributed by atoms with Crippen LogP contribution >= 0.6 is 23.2 Å². The second-order valence-corrected chi connectivity index (χ2v) is 10.9. The summed E-state index contributed by atoms with van der Waals surface area (Å²) in [5.74, 6) is -1.51. The molecule has 0 saturated carbocycles. The van der Waals surface area contributed by atoms with Gasteiger partial charge in [0.25, 0.3) is 15.9 Å². The number of fused-ring (bicyclic) bond motifs is 1. The minimum absolute atomic E-state index is 0.0120. The van der Waals surface area contributed by atoms with Crippen molar-refractivity contribution in [3.05, 3.63) is 63.6 Å². The topological polar surface area (TPSA) is 104 Å². The Labute approximate surface area is 215 Å². The lowest BCUT2D eigenvalue weighted by atomic mass is 10.1. The Morgan fingerprint density at radius 1 is 1.14 bits per heavy atom. The number of sulfonamides is 1. The minimum Gasteiger partial charge on any atom is -0.354 e. The summed E-state index contributed by atoms with van der Waals surface area (Å²) in [6.45, 7) is 3.74. The highest BCUT2D eigenvalue weighted by Crippen LogP contribution is 2.30. The fraction of sp³-hybridized carbons (Fsp3) is 0.375. The average molecular weight is 540 g/mol. The van der Waals surface area contributed by atoms with Gasteiger partial charge in [0.05, 0.1) is 5.56 Å². The van der Waals surface area contributed by atoms with Gasteiger partial charge in [-0.2, -0.15) is 0 Å². The van der Waals surface area contributed by atoms with Crippen molar-refractivity contribution in [1.29, 1.82) is 0 Å². The number of rotatable bonds is 10. The zero-order valence-electron chi connectivity index (χ0n) is 19.5. The van der Waals surface area contributed by atoms with Gasteiger partial charge in [0.1, 0.15) is 10.9 Å². The minimum atomic E-state index is -4.04. The number of carbonyl (C=O) groups is 3. The van der Waals surface area contributed by atoms with Gasteiger partial charge in [-0.25, -0.2) is 12.7 Å². The monoisotopic (exact) mass is 539 g/mol. The Kier molecular flexibility index (Phi) is 8.79. The van der Waals surface area contributed by atoms with Gasteiger partial charge >= 0.3 is 0 Å². The van der Waals surface area contributed by atoms with Gasteiger partial charge in [-0.1, -0.05) is 54.7 Å². The summed E-state index contributed by atoms with van der Waals surface area (Å²) in [4.78, 5) is 40.0. The lowest BCUT2D eigenvalue weighted by Gasteiger charge is -2.29. The highest BCUT2D eigenvalue weighted by Gasteiger charge is 2.41. The van der Waals surface area contributed by atoms with E-state index in [4.69, 9.17) is 23.2 Å². The summed E-state index contributed by atoms with van der Waals surface area (Å²) >= 11 is 12.3. The average Bonchev–Trinajstić information content (AvgIpc) is 3.01. The molecule has 188 valence electrons. The molecule has 0 radical (unpaired) electrons. The Hall–Kier alpha value is -2.62. The highest BCUT2D eigenvalue weighted by atomic mass is 35.5. The molecule has 1 atom stereocenters. The van der Waals surface area contributed by atoms with Crippen molar-refractivity contribution in [3.63, 3.8) is 0 Å². The fourth-order valence-electron chi connectivity index (χ4n) is 3.75. The van der Waals surface area contributed by atoms with Crippen molar-refractivity contribution < 1.29 is 22.8 Å². The second-order valence-electron chi connectivity index (χ2n) is 8.21. The molecule has 0 unspecified atom stereocenters. The third-order valence-corrected chi connectivity index (χ3v) is 8.22. The number of carbonyl (C=O) groups excluding carboxylic acids is 3. The van der Waals surface area contributed by atoms with Gasteiger partial charge in [-0.15, -0.1) is 0 Å². The molecule has 0 aliphatic carbocycles. The first-order valence-corrected chi connectivity index (χ1v) is 13.4. The van der Waals surface area contributed by atoms with E-state index in [1.807, 2.05) is 6.92 Å². The molecule has 1 heterocycles. The van der Waals surface area contributed by atoms with Crippen molar-refractivity contribution >= 4 is 50.9 Å². The Morgan fingerprint density at radius 2 is 1.86 bits per heavy atom. The number of hydrogen-bond acceptors (Lipinski definition) is 5. The summed E-state index contributed by atoms with van der Waals surface area (Å²) in [6.07, 6.45) is 1.40. The van der Waals surface area contributed by atoms with Crippen LogP contribution in [-0.2, 0) is 26.2 Å². The first kappa shape index (κ1) is 27.0. The van der Waals surface area contributed by atoms with Crippen molar-refractivity contribution in [2.24, 2.45) is 0 Å². The molecular formula is C24H27Cl2N3O5S. The van der Waals surface area contributed by atoms with Crippen LogP contribution in [0.15, 0.2) is 47.4 Å². The highest BCUT2D eigenvalue weighted by molar-refractivity contribution is 7.90. The lowest BCUT2D eigenvalue weighted by Crippen LogP contribution is -2.48. The van der Waals surface area contributed by atoms with Gasteiger partial charge in [0, 0.05) is 36.1 Å². The van der Waals surface area contributed by atoms with E-state index in [0.717, 1.165) is 12.8 Å². The SMILES string of the molecule is CCCCNC(=O)[C@@H](C)N(Cc1ccc(Cl)cc1Cl)C(=O)CCN1C(=O)c2ccccc2S1(=O)=O. The molecule has 0 saturated heterocycles. The van der Waals surface area contributed by atoms with Crippen molar-refractivity contribution in [2.45, 2.75) is 50.6 Å². The van der Waals surface area contributed by atoms with Crippen LogP contribution in [0.25, 0.3) is 0 Å². The Morgan fingerprint density at radius 3 is 2.51 bits per heavy atom. The standard InChI is InChI=1S/C24H27Cl2N3O5S/c1-3-4-12-27-23(31)16(2)28(15-17-9-10-18(25)14-20(17)26)22(30)11-13-29-24(32)19-7-5-6-8-21(19)35(29,33)34/h5-10,14,16H,3-4,11-13,15H2,1-2H3,(H,27,31)/t16-/m1/s1. The molecule has 1 N–H and O–H groups in total. The Bertz CT molecular complexity index is 1240. The molecular weight excluding hydrogens is 513 g/mol. The van der Waals surface area contributed by atoms with Crippen LogP contribution in [0.2, 0.25) is 10.0 Å². The molecule has 2 aromatic carbocycles. The summed E-state index contributed by atoms with van der Waals surface area (Å²) in [6, 6.07) is 9.90. The predicted octanol–water partition coefficient (Wildman–Crippen LogP) is 3.86. The number of nitrogens with zero attached hydrogens (tertiary/aromatic N) is 2. The molecule has 0 fully saturated rings. The summed E-state index contributed by atoms with van der Waals surface area (Å²) in [7, 11) is -4.04. The number of hydrogen-bond donors (Lipinski definition) is 1. The normalized spacial score (nSPS) is 15.0. The van der Waals surface area contributed by atoms with Gasteiger partial charge in [-0.3, -0.25) is 14.4 Å². The van der Waals surface area contributed by atoms with E-state index in [1.165, 1.54) is 23.1 Å². The maximum absolute atomic E-state index is 13.3. The first-order valence-electron chi connectivity index (χ1n) is 11.2. The zero-order valence-corrected chi connectivity index (χ0v) is 21.8. The van der Waals surface area contributed by atoms with Gasteiger partial charge in [0.2, 0.25) is 11.8 Å². The third kappa shape index (κ3) is 5.97. The summed E-state index contributed by atoms with van der Waals surface area (Å²) < 4.78 is 26.3. The summed E-state index contributed by atoms with van der Waals surface area (Å²) in [5.41, 5.74) is 0.656. The van der Waals surface area contributed by atoms with Crippen molar-refractivity contribution in [2.75, 3.05) is 13.1 Å². The fourth-order valence-corrected chi connectivity index (χ4v) is 5.78. The van der Waals surface area contributed by atoms with Crippen LogP contribution in [0.4, 0.5) is 0 Å². The molecule has 2 aromatic rings. The molecule has 11 heteroatoms. The van der Waals surface area contributed by atoms with Crippen LogP contribution in [0.3, 0.4) is 0 Å². The molecule has 35 heavy (non-hydrogen) atoms. The Balaban J connectivity index is 1.79. The lowest BCUT2D eigenvalue weighted by molar-refractivity contribution is -0.140. The largest absolute Gasteiger partial charge is 0.354 e. The van der Waals surface area contributed by atoms with Crippen LogP contribution in [0.5, 0.6) is 0 Å². The van der Waals surface area contributed by atoms with Gasteiger partial charge in [-0.05, 0) is 43.2 Å². The number of benzene rings is 2. The molecule has 0 spiro atoms. The van der Waals surface area contributed by atoms with E-state index >= 15 is 0 Å². The molecule has 1 aliphatic rings. The van der Waals surface area contributed by atoms with Crippen LogP contribution in [0, 0.1) is 0 Å². The molecule has 3 rings (SSSR count). The number of halogens is 2. The zero-order chi connectivity index (χ0) is 25.8. The second kappa shape index (κ2) is 11.4. The maximum Gasteiger partial charge on any atom is 0.269 e. The number of amides is 3. The van der Waals surface area contributed by atoms with E-state index in [0.29, 0.717) is 26.5 Å². The van der Waals surface area contributed by atoms with Crippen molar-refractivity contribution in [3.8, 4) is 0 Å². The van der Waals surface area contributed by atoms with Gasteiger partial charge in [0.15, 0.2) is 0 Å². The maximum atomic E-state index is 13.3. The molecule has 0 aromatic heterocycles. The third-order valence-electron chi connectivity index (χ3n) is 5.79. The molecule has 0 bridgehead atoms. The number of nitrogens with one attached hydrogen (secondary N) is 1. The molecule has 8 nitrogen and oxygen atoms in total. The quantitative estimate of drug-likeness (QED) is 0.461. The van der Waals surface area contributed by atoms with Crippen molar-refractivity contribution in [1.82, 2.24) is 14.5 Å². The summed E-state index contributed by atoms with van der Waals surface area (Å²) in [5, 5.41) is 3.57. The van der Waals surface area contributed by atoms with E-state index in [-0.39, 0.29) is 35.9 Å². The van der Waals surface area contributed by atoms with E-state index in [1.54, 1.807) is 31.2 Å². The molecule has 3 amide bonds.